The third-order valence-electron chi connectivity index (χ3n) is 7.53. The fraction of sp³-hybridized carbons (Fsp3) is 0.440. The number of nitrogens with one attached hydrogen (secondary N) is 2. The van der Waals surface area contributed by atoms with Gasteiger partial charge in [-0.3, -0.25) is 14.3 Å². The zero-order chi connectivity index (χ0) is 27.6. The summed E-state index contributed by atoms with van der Waals surface area (Å²) >= 11 is 0. The number of aliphatic hydroxyl groups excluding tert-OH is 1. The van der Waals surface area contributed by atoms with Crippen molar-refractivity contribution in [2.24, 2.45) is 5.92 Å². The summed E-state index contributed by atoms with van der Waals surface area (Å²) in [6.07, 6.45) is 3.94. The zero-order valence-electron chi connectivity index (χ0n) is 21.4. The van der Waals surface area contributed by atoms with Crippen LogP contribution in [-0.4, -0.2) is 82.5 Å². The second-order valence-corrected chi connectivity index (χ2v) is 12.2. The molecule has 1 aromatic carbocycles. The molecule has 0 bridgehead atoms. The highest BCUT2D eigenvalue weighted by Crippen LogP contribution is 2.41. The SMILES string of the molecule is CC(C1CC1)N1Cc2cc(-c3ccn4nc(N)c(C(=O)N[C@@H]5COC[C@H]5O)c4n3)cc(NS(C)(=O)=O)c2C1=O. The Kier molecular flexibility index (Phi) is 6.00. The van der Waals surface area contributed by atoms with E-state index in [-0.39, 0.29) is 47.9 Å². The third kappa shape index (κ3) is 4.68. The molecule has 206 valence electrons. The number of nitrogen functional groups attached to an aromatic ring is 1. The molecule has 0 radical (unpaired) electrons. The molecular formula is C25H29N7O6S. The molecule has 1 aliphatic carbocycles. The zero-order valence-corrected chi connectivity index (χ0v) is 22.2. The molecule has 3 atom stereocenters. The summed E-state index contributed by atoms with van der Waals surface area (Å²) in [7, 11) is -3.68. The van der Waals surface area contributed by atoms with Crippen LogP contribution < -0.4 is 15.8 Å². The minimum absolute atomic E-state index is 0.0331. The summed E-state index contributed by atoms with van der Waals surface area (Å²) in [5.41, 5.74) is 8.50. The predicted molar refractivity (Wildman–Crippen MR) is 141 cm³/mol. The Labute approximate surface area is 224 Å². The van der Waals surface area contributed by atoms with Crippen molar-refractivity contribution in [2.75, 3.05) is 29.9 Å². The van der Waals surface area contributed by atoms with Gasteiger partial charge in [-0.05, 0) is 49.4 Å². The van der Waals surface area contributed by atoms with Crippen molar-refractivity contribution in [2.45, 2.75) is 44.5 Å². The molecule has 6 rings (SSSR count). The number of hydrogen-bond acceptors (Lipinski definition) is 9. The highest BCUT2D eigenvalue weighted by molar-refractivity contribution is 7.92. The molecule has 39 heavy (non-hydrogen) atoms. The molecule has 14 heteroatoms. The van der Waals surface area contributed by atoms with Gasteiger partial charge in [0.2, 0.25) is 10.0 Å². The maximum atomic E-state index is 13.4. The van der Waals surface area contributed by atoms with E-state index >= 15 is 0 Å². The van der Waals surface area contributed by atoms with Crippen LogP contribution in [-0.2, 0) is 21.3 Å². The number of nitrogens with zero attached hydrogens (tertiary/aromatic N) is 4. The van der Waals surface area contributed by atoms with Gasteiger partial charge in [-0.15, -0.1) is 5.10 Å². The molecule has 2 aromatic heterocycles. The van der Waals surface area contributed by atoms with E-state index in [9.17, 15) is 23.1 Å². The Morgan fingerprint density at radius 2 is 2.05 bits per heavy atom. The predicted octanol–water partition coefficient (Wildman–Crippen LogP) is 0.594. The fourth-order valence-electron chi connectivity index (χ4n) is 5.31. The average molecular weight is 556 g/mol. The first-order valence-electron chi connectivity index (χ1n) is 12.7. The second kappa shape index (κ2) is 9.17. The van der Waals surface area contributed by atoms with Crippen LogP contribution in [0.25, 0.3) is 16.9 Å². The van der Waals surface area contributed by atoms with Crippen LogP contribution in [0.4, 0.5) is 11.5 Å². The first kappa shape index (κ1) is 25.5. The van der Waals surface area contributed by atoms with Crippen molar-refractivity contribution in [1.29, 1.82) is 0 Å². The Hall–Kier alpha value is -3.75. The Bertz CT molecular complexity index is 1620. The van der Waals surface area contributed by atoms with Gasteiger partial charge < -0.3 is 25.8 Å². The van der Waals surface area contributed by atoms with Crippen molar-refractivity contribution in [1.82, 2.24) is 24.8 Å². The van der Waals surface area contributed by atoms with E-state index < -0.39 is 28.1 Å². The fourth-order valence-corrected chi connectivity index (χ4v) is 5.88. The molecule has 2 fully saturated rings. The van der Waals surface area contributed by atoms with E-state index in [1.165, 1.54) is 4.52 Å². The number of carbonyl (C=O) groups excluding carboxylic acids is 2. The number of benzene rings is 1. The van der Waals surface area contributed by atoms with Crippen LogP contribution in [0.1, 0.15) is 46.0 Å². The van der Waals surface area contributed by atoms with Gasteiger partial charge in [0.15, 0.2) is 11.5 Å². The van der Waals surface area contributed by atoms with Crippen LogP contribution in [0.2, 0.25) is 0 Å². The average Bonchev–Trinajstić information content (AvgIpc) is 3.44. The van der Waals surface area contributed by atoms with Gasteiger partial charge in [0, 0.05) is 24.3 Å². The Morgan fingerprint density at radius 3 is 2.72 bits per heavy atom. The minimum atomic E-state index is -3.68. The van der Waals surface area contributed by atoms with E-state index in [0.717, 1.165) is 19.1 Å². The number of nitrogens with two attached hydrogens (primary N) is 1. The van der Waals surface area contributed by atoms with Crippen molar-refractivity contribution in [3.8, 4) is 11.3 Å². The van der Waals surface area contributed by atoms with Crippen molar-refractivity contribution in [3.05, 3.63) is 41.1 Å². The smallest absolute Gasteiger partial charge is 0.259 e. The summed E-state index contributed by atoms with van der Waals surface area (Å²) in [6.45, 7) is 2.68. The van der Waals surface area contributed by atoms with Crippen LogP contribution in [0, 0.1) is 5.92 Å². The summed E-state index contributed by atoms with van der Waals surface area (Å²) in [6, 6.07) is 4.53. The quantitative estimate of drug-likeness (QED) is 0.324. The molecule has 4 heterocycles. The van der Waals surface area contributed by atoms with Gasteiger partial charge in [0.1, 0.15) is 5.56 Å². The summed E-state index contributed by atoms with van der Waals surface area (Å²) in [5.74, 6) is -0.335. The largest absolute Gasteiger partial charge is 0.388 e. The number of sulfonamides is 1. The number of hydrogen-bond donors (Lipinski definition) is 4. The molecule has 5 N–H and O–H groups in total. The molecule has 2 aliphatic heterocycles. The van der Waals surface area contributed by atoms with E-state index in [0.29, 0.717) is 34.8 Å². The van der Waals surface area contributed by atoms with Gasteiger partial charge in [0.05, 0.1) is 48.6 Å². The Balaban J connectivity index is 1.40. The molecule has 0 spiro atoms. The molecule has 1 unspecified atom stereocenters. The minimum Gasteiger partial charge on any atom is -0.388 e. The molecule has 1 saturated carbocycles. The van der Waals surface area contributed by atoms with E-state index in [2.05, 4.69) is 20.1 Å². The van der Waals surface area contributed by atoms with Crippen LogP contribution in [0.3, 0.4) is 0 Å². The first-order chi connectivity index (χ1) is 18.5. The van der Waals surface area contributed by atoms with Gasteiger partial charge in [-0.2, -0.15) is 0 Å². The normalized spacial score (nSPS) is 21.8. The topological polar surface area (TPSA) is 181 Å². The number of anilines is 2. The number of fused-ring (bicyclic) bond motifs is 2. The maximum absolute atomic E-state index is 13.4. The lowest BCUT2D eigenvalue weighted by molar-refractivity contribution is 0.0698. The van der Waals surface area contributed by atoms with Crippen LogP contribution in [0.5, 0.6) is 0 Å². The van der Waals surface area contributed by atoms with Gasteiger partial charge in [-0.25, -0.2) is 17.9 Å². The number of carbonyl (C=O) groups is 2. The van der Waals surface area contributed by atoms with Crippen LogP contribution >= 0.6 is 0 Å². The van der Waals surface area contributed by atoms with E-state index in [4.69, 9.17) is 10.5 Å². The van der Waals surface area contributed by atoms with E-state index in [1.54, 1.807) is 23.2 Å². The molecular weight excluding hydrogens is 526 g/mol. The van der Waals surface area contributed by atoms with Gasteiger partial charge >= 0.3 is 0 Å². The molecule has 1 saturated heterocycles. The van der Waals surface area contributed by atoms with Crippen molar-refractivity contribution in [3.63, 3.8) is 0 Å². The number of amides is 2. The molecule has 3 aliphatic rings. The lowest BCUT2D eigenvalue weighted by Gasteiger charge is -2.24. The highest BCUT2D eigenvalue weighted by Gasteiger charge is 2.40. The number of aromatic nitrogens is 3. The van der Waals surface area contributed by atoms with Crippen molar-refractivity contribution >= 4 is 39.0 Å². The first-order valence-corrected chi connectivity index (χ1v) is 14.6. The highest BCUT2D eigenvalue weighted by atomic mass is 32.2. The number of ether oxygens (including phenoxy) is 1. The lowest BCUT2D eigenvalue weighted by Crippen LogP contribution is -2.42. The standard InChI is InChI=1S/C25H29N7O6S/c1-12(13-3-4-13)31-9-15-7-14(8-17(20(15)25(31)35)30-39(2,36)37)16-5-6-32-23(27-16)21(22(26)29-32)24(34)28-18-10-38-11-19(18)33/h5-8,12-13,18-19,30,33H,3-4,9-11H2,1-2H3,(H2,26,29)(H,28,34)/t12?,18-,19-/m1/s1. The number of aliphatic hydroxyl groups is 1. The molecule has 13 nitrogen and oxygen atoms in total. The molecule has 2 amide bonds. The summed E-state index contributed by atoms with van der Waals surface area (Å²) in [5, 5.41) is 16.9. The maximum Gasteiger partial charge on any atom is 0.259 e. The second-order valence-electron chi connectivity index (χ2n) is 10.5. The van der Waals surface area contributed by atoms with Crippen LogP contribution in [0.15, 0.2) is 24.4 Å². The van der Waals surface area contributed by atoms with Crippen molar-refractivity contribution < 1.29 is 27.9 Å². The summed E-state index contributed by atoms with van der Waals surface area (Å²) < 4.78 is 33.5. The monoisotopic (exact) mass is 555 g/mol. The Morgan fingerprint density at radius 1 is 1.28 bits per heavy atom. The van der Waals surface area contributed by atoms with Gasteiger partial charge in [0.25, 0.3) is 11.8 Å². The lowest BCUT2D eigenvalue weighted by atomic mass is 10.0. The number of rotatable bonds is 7. The van der Waals surface area contributed by atoms with E-state index in [1.807, 2.05) is 13.0 Å². The molecule has 3 aromatic rings. The van der Waals surface area contributed by atoms with Gasteiger partial charge in [-0.1, -0.05) is 0 Å². The summed E-state index contributed by atoms with van der Waals surface area (Å²) in [4.78, 5) is 32.9. The third-order valence-corrected chi connectivity index (χ3v) is 8.12.